The molecule has 1 heterocycles. The fraction of sp³-hybridized carbons (Fsp3) is 1.00. The van der Waals surface area contributed by atoms with Gasteiger partial charge in [0.25, 0.3) is 0 Å². The quantitative estimate of drug-likeness (QED) is 0.641. The van der Waals surface area contributed by atoms with Crippen LogP contribution in [0.4, 0.5) is 0 Å². The zero-order chi connectivity index (χ0) is 7.90. The fourth-order valence-electron chi connectivity index (χ4n) is 2.24. The number of hydrogen-bond donors (Lipinski definition) is 1. The Bertz CT molecular complexity index is 147. The summed E-state index contributed by atoms with van der Waals surface area (Å²) in [6.07, 6.45) is 5.91. The highest BCUT2D eigenvalue weighted by molar-refractivity contribution is 4.94. The molecule has 11 heavy (non-hydrogen) atoms. The van der Waals surface area contributed by atoms with Crippen molar-refractivity contribution in [1.29, 1.82) is 0 Å². The lowest BCUT2D eigenvalue weighted by molar-refractivity contribution is 0.305. The SMILES string of the molecule is CC1(C)NCCC1CC1CC1. The molecule has 1 N–H and O–H groups in total. The van der Waals surface area contributed by atoms with E-state index in [1.165, 1.54) is 32.2 Å². The summed E-state index contributed by atoms with van der Waals surface area (Å²) < 4.78 is 0. The van der Waals surface area contributed by atoms with Gasteiger partial charge < -0.3 is 5.32 Å². The van der Waals surface area contributed by atoms with Crippen molar-refractivity contribution in [3.05, 3.63) is 0 Å². The van der Waals surface area contributed by atoms with Gasteiger partial charge in [0.15, 0.2) is 0 Å². The lowest BCUT2D eigenvalue weighted by Gasteiger charge is -2.27. The predicted molar refractivity (Wildman–Crippen MR) is 47.5 cm³/mol. The number of nitrogens with one attached hydrogen (secondary N) is 1. The first-order valence-corrected chi connectivity index (χ1v) is 4.93. The number of rotatable bonds is 2. The normalized spacial score (nSPS) is 36.0. The van der Waals surface area contributed by atoms with E-state index >= 15 is 0 Å². The molecule has 1 unspecified atom stereocenters. The molecule has 2 aliphatic rings. The first-order valence-electron chi connectivity index (χ1n) is 4.93. The summed E-state index contributed by atoms with van der Waals surface area (Å²) in [5, 5.41) is 3.58. The minimum atomic E-state index is 0.433. The van der Waals surface area contributed by atoms with E-state index in [1.54, 1.807) is 0 Å². The van der Waals surface area contributed by atoms with Crippen LogP contribution < -0.4 is 5.32 Å². The van der Waals surface area contributed by atoms with Gasteiger partial charge >= 0.3 is 0 Å². The first-order chi connectivity index (χ1) is 5.18. The molecular weight excluding hydrogens is 134 g/mol. The Morgan fingerprint density at radius 1 is 1.27 bits per heavy atom. The maximum absolute atomic E-state index is 3.58. The van der Waals surface area contributed by atoms with Crippen molar-refractivity contribution >= 4 is 0 Å². The third-order valence-corrected chi connectivity index (χ3v) is 3.41. The molecular formula is C10H19N. The smallest absolute Gasteiger partial charge is 0.0153 e. The van der Waals surface area contributed by atoms with Gasteiger partial charge in [-0.25, -0.2) is 0 Å². The molecule has 0 aromatic heterocycles. The van der Waals surface area contributed by atoms with Gasteiger partial charge in [0.1, 0.15) is 0 Å². The molecule has 0 spiro atoms. The maximum Gasteiger partial charge on any atom is 0.0153 e. The van der Waals surface area contributed by atoms with Gasteiger partial charge in [0.05, 0.1) is 0 Å². The summed E-state index contributed by atoms with van der Waals surface area (Å²) in [6.45, 7) is 5.95. The van der Waals surface area contributed by atoms with Crippen LogP contribution in [-0.4, -0.2) is 12.1 Å². The van der Waals surface area contributed by atoms with Crippen LogP contribution in [0.2, 0.25) is 0 Å². The maximum atomic E-state index is 3.58. The molecule has 1 atom stereocenters. The Hall–Kier alpha value is -0.0400. The minimum absolute atomic E-state index is 0.433. The Labute approximate surface area is 69.6 Å². The standard InChI is InChI=1S/C10H19N/c1-10(2)9(5-6-11-10)7-8-3-4-8/h8-9,11H,3-7H2,1-2H3. The highest BCUT2D eigenvalue weighted by Gasteiger charge is 2.37. The van der Waals surface area contributed by atoms with Crippen molar-refractivity contribution in [1.82, 2.24) is 5.32 Å². The second kappa shape index (κ2) is 2.48. The summed E-state index contributed by atoms with van der Waals surface area (Å²) in [4.78, 5) is 0. The topological polar surface area (TPSA) is 12.0 Å². The summed E-state index contributed by atoms with van der Waals surface area (Å²) in [5.41, 5.74) is 0.433. The van der Waals surface area contributed by atoms with E-state index in [2.05, 4.69) is 19.2 Å². The molecule has 1 aliphatic heterocycles. The van der Waals surface area contributed by atoms with E-state index in [9.17, 15) is 0 Å². The van der Waals surface area contributed by atoms with Crippen LogP contribution in [0.25, 0.3) is 0 Å². The Balaban J connectivity index is 1.90. The van der Waals surface area contributed by atoms with Crippen LogP contribution in [0.3, 0.4) is 0 Å². The highest BCUT2D eigenvalue weighted by Crippen LogP contribution is 2.41. The van der Waals surface area contributed by atoms with Crippen LogP contribution in [0, 0.1) is 11.8 Å². The molecule has 1 saturated carbocycles. The minimum Gasteiger partial charge on any atom is -0.312 e. The molecule has 0 aromatic carbocycles. The average Bonchev–Trinajstić information content (AvgIpc) is 2.63. The third kappa shape index (κ3) is 1.58. The zero-order valence-electron chi connectivity index (χ0n) is 7.69. The first kappa shape index (κ1) is 7.60. The summed E-state index contributed by atoms with van der Waals surface area (Å²) in [6, 6.07) is 0. The second-order valence-corrected chi connectivity index (χ2v) is 4.81. The van der Waals surface area contributed by atoms with Gasteiger partial charge in [-0.1, -0.05) is 12.8 Å². The van der Waals surface area contributed by atoms with Crippen molar-refractivity contribution in [2.24, 2.45) is 11.8 Å². The monoisotopic (exact) mass is 153 g/mol. The molecule has 2 fully saturated rings. The van der Waals surface area contributed by atoms with Crippen LogP contribution in [0.1, 0.15) is 39.5 Å². The molecule has 0 bridgehead atoms. The molecule has 0 radical (unpaired) electrons. The molecule has 0 amide bonds. The Morgan fingerprint density at radius 2 is 2.00 bits per heavy atom. The predicted octanol–water partition coefficient (Wildman–Crippen LogP) is 2.17. The zero-order valence-corrected chi connectivity index (χ0v) is 7.69. The molecule has 0 aromatic rings. The van der Waals surface area contributed by atoms with Gasteiger partial charge in [-0.2, -0.15) is 0 Å². The molecule has 1 aliphatic carbocycles. The Morgan fingerprint density at radius 3 is 2.45 bits per heavy atom. The lowest BCUT2D eigenvalue weighted by Crippen LogP contribution is -2.38. The summed E-state index contributed by atoms with van der Waals surface area (Å²) in [5.74, 6) is 2.05. The van der Waals surface area contributed by atoms with Crippen LogP contribution in [0.15, 0.2) is 0 Å². The average molecular weight is 153 g/mol. The molecule has 1 saturated heterocycles. The summed E-state index contributed by atoms with van der Waals surface area (Å²) in [7, 11) is 0. The van der Waals surface area contributed by atoms with E-state index in [4.69, 9.17) is 0 Å². The molecule has 1 heteroatoms. The third-order valence-electron chi connectivity index (χ3n) is 3.41. The largest absolute Gasteiger partial charge is 0.312 e. The summed E-state index contributed by atoms with van der Waals surface area (Å²) >= 11 is 0. The second-order valence-electron chi connectivity index (χ2n) is 4.81. The van der Waals surface area contributed by atoms with Crippen LogP contribution >= 0.6 is 0 Å². The van der Waals surface area contributed by atoms with Crippen molar-refractivity contribution < 1.29 is 0 Å². The number of hydrogen-bond acceptors (Lipinski definition) is 1. The van der Waals surface area contributed by atoms with Crippen molar-refractivity contribution in [2.75, 3.05) is 6.54 Å². The van der Waals surface area contributed by atoms with Crippen LogP contribution in [0.5, 0.6) is 0 Å². The van der Waals surface area contributed by atoms with Gasteiger partial charge in [0, 0.05) is 5.54 Å². The lowest BCUT2D eigenvalue weighted by atomic mass is 9.85. The van der Waals surface area contributed by atoms with Gasteiger partial charge in [-0.15, -0.1) is 0 Å². The molecule has 1 nitrogen and oxygen atoms in total. The fourth-order valence-corrected chi connectivity index (χ4v) is 2.24. The van der Waals surface area contributed by atoms with E-state index in [0.29, 0.717) is 5.54 Å². The van der Waals surface area contributed by atoms with Gasteiger partial charge in [-0.05, 0) is 45.1 Å². The van der Waals surface area contributed by atoms with Gasteiger partial charge in [-0.3, -0.25) is 0 Å². The van der Waals surface area contributed by atoms with Crippen molar-refractivity contribution in [3.63, 3.8) is 0 Å². The highest BCUT2D eigenvalue weighted by atomic mass is 15.0. The van der Waals surface area contributed by atoms with E-state index < -0.39 is 0 Å². The van der Waals surface area contributed by atoms with Crippen LogP contribution in [-0.2, 0) is 0 Å². The van der Waals surface area contributed by atoms with E-state index in [1.807, 2.05) is 0 Å². The van der Waals surface area contributed by atoms with Gasteiger partial charge in [0.2, 0.25) is 0 Å². The van der Waals surface area contributed by atoms with E-state index in [-0.39, 0.29) is 0 Å². The molecule has 64 valence electrons. The Kier molecular flexibility index (Phi) is 1.71. The molecule has 2 rings (SSSR count). The van der Waals surface area contributed by atoms with E-state index in [0.717, 1.165) is 11.8 Å². The van der Waals surface area contributed by atoms with Crippen molar-refractivity contribution in [3.8, 4) is 0 Å². The van der Waals surface area contributed by atoms with Crippen molar-refractivity contribution in [2.45, 2.75) is 45.1 Å².